The van der Waals surface area contributed by atoms with Gasteiger partial charge < -0.3 is 9.15 Å². The molecule has 1 aliphatic carbocycles. The van der Waals surface area contributed by atoms with Crippen molar-refractivity contribution in [1.82, 2.24) is 0 Å². The molecule has 1 aliphatic rings. The van der Waals surface area contributed by atoms with Gasteiger partial charge in [0.25, 0.3) is 5.69 Å². The van der Waals surface area contributed by atoms with Gasteiger partial charge in [0, 0.05) is 22.1 Å². The number of nitro benzene ring substituents is 1. The second-order valence-electron chi connectivity index (χ2n) is 7.49. The van der Waals surface area contributed by atoms with E-state index in [4.69, 9.17) is 9.15 Å². The van der Waals surface area contributed by atoms with E-state index in [1.54, 1.807) is 30.3 Å². The van der Waals surface area contributed by atoms with E-state index in [0.29, 0.717) is 11.0 Å². The molecule has 5 rings (SSSR count). The predicted octanol–water partition coefficient (Wildman–Crippen LogP) is 4.16. The van der Waals surface area contributed by atoms with Gasteiger partial charge in [0.1, 0.15) is 16.7 Å². The van der Waals surface area contributed by atoms with Crippen LogP contribution in [0.5, 0.6) is 0 Å². The second kappa shape index (κ2) is 7.89. The topological polar surface area (TPSA) is 134 Å². The standard InChI is InChI=1S/C25H13NO8/c27-18(20-11-13-5-1-4-8-19(13)34-20)12-33-25(30)17-10-9-16-21(22(17)26(31)32)24(29)15-7-3-2-6-14(15)23(16)28/h1-11H,12H2. The smallest absolute Gasteiger partial charge is 0.345 e. The number of nitro groups is 1. The lowest BCUT2D eigenvalue weighted by atomic mass is 9.82. The quantitative estimate of drug-likeness (QED) is 0.167. The number of benzene rings is 3. The molecule has 0 unspecified atom stereocenters. The molecule has 0 atom stereocenters. The SMILES string of the molecule is O=C(COC(=O)c1ccc2c(c1[N+](=O)[O-])C(=O)c1ccccc1C2=O)c1cc2ccccc2o1. The molecule has 0 radical (unpaired) electrons. The summed E-state index contributed by atoms with van der Waals surface area (Å²) < 4.78 is 10.4. The first kappa shape index (κ1) is 21.0. The molecular formula is C25H13NO8. The average molecular weight is 455 g/mol. The molecule has 0 fully saturated rings. The molecule has 0 saturated carbocycles. The van der Waals surface area contributed by atoms with Crippen LogP contribution >= 0.6 is 0 Å². The van der Waals surface area contributed by atoms with Crippen LogP contribution in [-0.4, -0.2) is 34.8 Å². The fraction of sp³-hybridized carbons (Fsp3) is 0.0400. The summed E-state index contributed by atoms with van der Waals surface area (Å²) in [6, 6.07) is 16.6. The van der Waals surface area contributed by atoms with Gasteiger partial charge in [0.05, 0.1) is 4.92 Å². The molecule has 0 amide bonds. The van der Waals surface area contributed by atoms with Crippen LogP contribution in [-0.2, 0) is 4.74 Å². The molecule has 0 aliphatic heterocycles. The van der Waals surface area contributed by atoms with E-state index in [9.17, 15) is 29.3 Å². The Kier molecular flexibility index (Phi) is 4.86. The van der Waals surface area contributed by atoms with Crippen LogP contribution in [0.15, 0.2) is 71.1 Å². The van der Waals surface area contributed by atoms with Crippen LogP contribution < -0.4 is 0 Å². The average Bonchev–Trinajstić information content (AvgIpc) is 3.29. The van der Waals surface area contributed by atoms with E-state index in [0.717, 1.165) is 6.07 Å². The summed E-state index contributed by atoms with van der Waals surface area (Å²) in [5.41, 5.74) is -1.43. The molecule has 0 bridgehead atoms. The summed E-state index contributed by atoms with van der Waals surface area (Å²) in [6.45, 7) is -0.734. The number of hydrogen-bond acceptors (Lipinski definition) is 8. The minimum atomic E-state index is -1.18. The van der Waals surface area contributed by atoms with Gasteiger partial charge in [0.2, 0.25) is 11.6 Å². The first-order valence-electron chi connectivity index (χ1n) is 10.1. The number of rotatable bonds is 5. The molecular weight excluding hydrogens is 442 g/mol. The number of Topliss-reactive ketones (excluding diaryl/α,β-unsaturated/α-hetero) is 1. The van der Waals surface area contributed by atoms with Crippen molar-refractivity contribution in [2.45, 2.75) is 0 Å². The lowest BCUT2D eigenvalue weighted by Gasteiger charge is -2.18. The Bertz CT molecular complexity index is 1530. The zero-order chi connectivity index (χ0) is 24.0. The van der Waals surface area contributed by atoms with Crippen molar-refractivity contribution < 1.29 is 33.3 Å². The number of esters is 1. The molecule has 1 heterocycles. The monoisotopic (exact) mass is 455 g/mol. The van der Waals surface area contributed by atoms with Crippen LogP contribution in [0.1, 0.15) is 52.8 Å². The van der Waals surface area contributed by atoms with Crippen LogP contribution in [0.2, 0.25) is 0 Å². The number of hydrogen-bond donors (Lipinski definition) is 0. The van der Waals surface area contributed by atoms with E-state index >= 15 is 0 Å². The fourth-order valence-electron chi connectivity index (χ4n) is 3.92. The number of nitrogens with zero attached hydrogens (tertiary/aromatic N) is 1. The van der Waals surface area contributed by atoms with Crippen LogP contribution in [0, 0.1) is 10.1 Å². The Morgan fingerprint density at radius 2 is 1.56 bits per heavy atom. The molecule has 9 heteroatoms. The molecule has 0 N–H and O–H groups in total. The van der Waals surface area contributed by atoms with E-state index in [1.807, 2.05) is 0 Å². The first-order valence-corrected chi connectivity index (χ1v) is 10.1. The summed E-state index contributed by atoms with van der Waals surface area (Å²) in [5.74, 6) is -3.17. The van der Waals surface area contributed by atoms with Gasteiger partial charge in [-0.2, -0.15) is 0 Å². The maximum Gasteiger partial charge on any atom is 0.345 e. The molecule has 1 aromatic heterocycles. The van der Waals surface area contributed by atoms with Gasteiger partial charge in [-0.15, -0.1) is 0 Å². The van der Waals surface area contributed by atoms with Crippen molar-refractivity contribution in [3.63, 3.8) is 0 Å². The lowest BCUT2D eigenvalue weighted by molar-refractivity contribution is -0.385. The first-order chi connectivity index (χ1) is 16.4. The Balaban J connectivity index is 1.46. The van der Waals surface area contributed by atoms with Crippen molar-refractivity contribution in [3.05, 3.63) is 110 Å². The number of ether oxygens (including phenoxy) is 1. The molecule has 34 heavy (non-hydrogen) atoms. The molecule has 9 nitrogen and oxygen atoms in total. The number of carbonyl (C=O) groups is 4. The molecule has 0 spiro atoms. The van der Waals surface area contributed by atoms with Gasteiger partial charge in [-0.1, -0.05) is 42.5 Å². The Labute approximate surface area is 190 Å². The van der Waals surface area contributed by atoms with Crippen LogP contribution in [0.3, 0.4) is 0 Å². The minimum absolute atomic E-state index is 0.00804. The Morgan fingerprint density at radius 3 is 2.26 bits per heavy atom. The summed E-state index contributed by atoms with van der Waals surface area (Å²) in [6.07, 6.45) is 0. The fourth-order valence-corrected chi connectivity index (χ4v) is 3.92. The van der Waals surface area contributed by atoms with Gasteiger partial charge >= 0.3 is 5.97 Å². The van der Waals surface area contributed by atoms with Crippen molar-refractivity contribution in [3.8, 4) is 0 Å². The van der Waals surface area contributed by atoms with Crippen LogP contribution in [0.25, 0.3) is 11.0 Å². The molecule has 0 saturated heterocycles. The predicted molar refractivity (Wildman–Crippen MR) is 117 cm³/mol. The second-order valence-corrected chi connectivity index (χ2v) is 7.49. The van der Waals surface area contributed by atoms with Crippen LogP contribution in [0.4, 0.5) is 5.69 Å². The van der Waals surface area contributed by atoms with Crippen molar-refractivity contribution >= 4 is 40.0 Å². The largest absolute Gasteiger partial charge is 0.453 e. The number of para-hydroxylation sites is 1. The number of carbonyl (C=O) groups excluding carboxylic acids is 4. The normalized spacial score (nSPS) is 12.2. The summed E-state index contributed by atoms with van der Waals surface area (Å²) in [4.78, 5) is 61.9. The highest BCUT2D eigenvalue weighted by Crippen LogP contribution is 2.35. The zero-order valence-corrected chi connectivity index (χ0v) is 17.3. The third-order valence-electron chi connectivity index (χ3n) is 5.50. The van der Waals surface area contributed by atoms with Gasteiger partial charge in [0.15, 0.2) is 18.2 Å². The number of ketones is 3. The molecule has 3 aromatic carbocycles. The highest BCUT2D eigenvalue weighted by molar-refractivity contribution is 6.30. The van der Waals surface area contributed by atoms with Gasteiger partial charge in [-0.3, -0.25) is 24.5 Å². The van der Waals surface area contributed by atoms with Crippen molar-refractivity contribution in [1.29, 1.82) is 0 Å². The van der Waals surface area contributed by atoms with Gasteiger partial charge in [-0.05, 0) is 24.3 Å². The Hall–Kier alpha value is -4.92. The maximum absolute atomic E-state index is 13.0. The zero-order valence-electron chi connectivity index (χ0n) is 17.3. The third-order valence-corrected chi connectivity index (χ3v) is 5.50. The Morgan fingerprint density at radius 1 is 0.882 bits per heavy atom. The van der Waals surface area contributed by atoms with Gasteiger partial charge in [-0.25, -0.2) is 4.79 Å². The van der Waals surface area contributed by atoms with E-state index in [-0.39, 0.29) is 22.5 Å². The van der Waals surface area contributed by atoms with Crippen molar-refractivity contribution in [2.24, 2.45) is 0 Å². The maximum atomic E-state index is 13.0. The van der Waals surface area contributed by atoms with Crippen molar-refractivity contribution in [2.75, 3.05) is 6.61 Å². The minimum Gasteiger partial charge on any atom is -0.453 e. The van der Waals surface area contributed by atoms with E-state index in [2.05, 4.69) is 0 Å². The van der Waals surface area contributed by atoms with E-state index < -0.39 is 51.7 Å². The lowest BCUT2D eigenvalue weighted by Crippen LogP contribution is -2.24. The third kappa shape index (κ3) is 3.27. The number of furan rings is 1. The van der Waals surface area contributed by atoms with E-state index in [1.165, 1.54) is 30.3 Å². The highest BCUT2D eigenvalue weighted by atomic mass is 16.6. The summed E-state index contributed by atoms with van der Waals surface area (Å²) in [5, 5.41) is 12.6. The molecule has 4 aromatic rings. The number of fused-ring (bicyclic) bond motifs is 3. The summed E-state index contributed by atoms with van der Waals surface area (Å²) in [7, 11) is 0. The summed E-state index contributed by atoms with van der Waals surface area (Å²) >= 11 is 0. The highest BCUT2D eigenvalue weighted by Gasteiger charge is 2.39. The molecule has 166 valence electrons.